The van der Waals surface area contributed by atoms with E-state index in [1.54, 1.807) is 4.90 Å². The zero-order valence-electron chi connectivity index (χ0n) is 13.7. The lowest BCUT2D eigenvalue weighted by Crippen LogP contribution is -2.40. The van der Waals surface area contributed by atoms with Crippen LogP contribution in [0, 0.1) is 23.7 Å². The second-order valence-electron chi connectivity index (χ2n) is 7.03. The maximum absolute atomic E-state index is 12.6. The molecule has 3 heterocycles. The van der Waals surface area contributed by atoms with Gasteiger partial charge in [-0.3, -0.25) is 9.59 Å². The molecule has 1 atom stereocenters. The summed E-state index contributed by atoms with van der Waals surface area (Å²) >= 11 is 0. The molecule has 1 unspecified atom stereocenters. The molecule has 1 spiro atoms. The Bertz CT molecular complexity index is 583. The van der Waals surface area contributed by atoms with Gasteiger partial charge in [0.15, 0.2) is 5.66 Å². The van der Waals surface area contributed by atoms with Crippen LogP contribution in [0.1, 0.15) is 38.5 Å². The highest BCUT2D eigenvalue weighted by Gasteiger charge is 2.52. The Morgan fingerprint density at radius 1 is 1.29 bits per heavy atom. The zero-order valence-corrected chi connectivity index (χ0v) is 13.7. The van der Waals surface area contributed by atoms with Gasteiger partial charge in [-0.1, -0.05) is 0 Å². The first-order chi connectivity index (χ1) is 11.5. The van der Waals surface area contributed by atoms with Crippen molar-refractivity contribution in [3.8, 4) is 12.3 Å². The van der Waals surface area contributed by atoms with E-state index < -0.39 is 17.6 Å². The summed E-state index contributed by atoms with van der Waals surface area (Å²) in [7, 11) is 0. The molecule has 3 aliphatic heterocycles. The summed E-state index contributed by atoms with van der Waals surface area (Å²) in [5.74, 6) is 1.24. The number of carboxylic acids is 1. The lowest BCUT2D eigenvalue weighted by molar-refractivity contribution is -0.146. The quantitative estimate of drug-likeness (QED) is 0.749. The minimum atomic E-state index is -0.815. The molecule has 0 bridgehead atoms. The van der Waals surface area contributed by atoms with Crippen molar-refractivity contribution in [2.75, 3.05) is 26.3 Å². The lowest BCUT2D eigenvalue weighted by atomic mass is 9.72. The molecule has 1 N–H and O–H groups in total. The first-order valence-corrected chi connectivity index (χ1v) is 8.46. The Kier molecular flexibility index (Phi) is 4.59. The van der Waals surface area contributed by atoms with Gasteiger partial charge in [0.2, 0.25) is 5.91 Å². The SMILES string of the molecule is C#CCCC1(CCC(=O)N2CC(C(=O)O)C3(CCOCC3)C2)N=N1. The number of ether oxygens (including phenoxy) is 1. The molecule has 0 aromatic rings. The van der Waals surface area contributed by atoms with Gasteiger partial charge in [0.25, 0.3) is 0 Å². The summed E-state index contributed by atoms with van der Waals surface area (Å²) in [6, 6.07) is 0. The largest absolute Gasteiger partial charge is 0.481 e. The van der Waals surface area contributed by atoms with E-state index in [0.717, 1.165) is 0 Å². The van der Waals surface area contributed by atoms with Gasteiger partial charge < -0.3 is 14.7 Å². The number of aliphatic carboxylic acids is 1. The molecule has 1 amide bonds. The molecule has 3 aliphatic rings. The number of carboxylic acid groups (broad SMARTS) is 1. The second-order valence-corrected chi connectivity index (χ2v) is 7.03. The first-order valence-electron chi connectivity index (χ1n) is 8.46. The van der Waals surface area contributed by atoms with Gasteiger partial charge >= 0.3 is 5.97 Å². The van der Waals surface area contributed by atoms with Crippen molar-refractivity contribution in [3.05, 3.63) is 0 Å². The molecule has 24 heavy (non-hydrogen) atoms. The molecule has 7 nitrogen and oxygen atoms in total. The van der Waals surface area contributed by atoms with Gasteiger partial charge in [0.1, 0.15) is 0 Å². The highest BCUT2D eigenvalue weighted by molar-refractivity contribution is 5.79. The van der Waals surface area contributed by atoms with Crippen molar-refractivity contribution in [3.63, 3.8) is 0 Å². The van der Waals surface area contributed by atoms with Crippen molar-refractivity contribution in [2.24, 2.45) is 21.6 Å². The van der Waals surface area contributed by atoms with Gasteiger partial charge in [0, 0.05) is 57.4 Å². The minimum absolute atomic E-state index is 0.0120. The summed E-state index contributed by atoms with van der Waals surface area (Å²) < 4.78 is 5.38. The molecule has 7 heteroatoms. The summed E-state index contributed by atoms with van der Waals surface area (Å²) in [6.07, 6.45) is 8.82. The standard InChI is InChI=1S/C17H23N3O4/c1-2-3-5-17(18-19-17)6-4-14(21)20-11-13(15(22)23)16(12-20)7-9-24-10-8-16/h1,13H,3-12H2,(H,22,23). The summed E-state index contributed by atoms with van der Waals surface area (Å²) in [5.41, 5.74) is -0.806. The lowest BCUT2D eigenvalue weighted by Gasteiger charge is -2.36. The van der Waals surface area contributed by atoms with Crippen molar-refractivity contribution in [1.29, 1.82) is 0 Å². The number of nitrogens with zero attached hydrogens (tertiary/aromatic N) is 3. The highest BCUT2D eigenvalue weighted by Crippen LogP contribution is 2.45. The topological polar surface area (TPSA) is 91.6 Å². The van der Waals surface area contributed by atoms with Gasteiger partial charge in [-0.2, -0.15) is 10.2 Å². The number of hydrogen-bond donors (Lipinski definition) is 1. The molecule has 2 saturated heterocycles. The van der Waals surface area contributed by atoms with Gasteiger partial charge in [-0.25, -0.2) is 0 Å². The fourth-order valence-corrected chi connectivity index (χ4v) is 3.92. The smallest absolute Gasteiger partial charge is 0.308 e. The van der Waals surface area contributed by atoms with Crippen LogP contribution in [0.4, 0.5) is 0 Å². The maximum atomic E-state index is 12.6. The molecular weight excluding hydrogens is 310 g/mol. The van der Waals surface area contributed by atoms with E-state index in [2.05, 4.69) is 16.1 Å². The van der Waals surface area contributed by atoms with Crippen LogP contribution >= 0.6 is 0 Å². The van der Waals surface area contributed by atoms with Crippen LogP contribution < -0.4 is 0 Å². The number of amides is 1. The fourth-order valence-electron chi connectivity index (χ4n) is 3.92. The van der Waals surface area contributed by atoms with Gasteiger partial charge in [-0.05, 0) is 12.8 Å². The van der Waals surface area contributed by atoms with Crippen LogP contribution in [0.25, 0.3) is 0 Å². The summed E-state index contributed by atoms with van der Waals surface area (Å²) in [6.45, 7) is 1.94. The molecule has 0 radical (unpaired) electrons. The van der Waals surface area contributed by atoms with Crippen LogP contribution in [-0.4, -0.2) is 53.8 Å². The van der Waals surface area contributed by atoms with E-state index in [4.69, 9.17) is 11.2 Å². The molecule has 3 rings (SSSR count). The second kappa shape index (κ2) is 6.52. The predicted octanol–water partition coefficient (Wildman–Crippen LogP) is 1.68. The van der Waals surface area contributed by atoms with Gasteiger partial charge in [0.05, 0.1) is 5.92 Å². The van der Waals surface area contributed by atoms with Crippen molar-refractivity contribution in [2.45, 2.75) is 44.2 Å². The average Bonchev–Trinajstić information content (AvgIpc) is 3.26. The Labute approximate surface area is 141 Å². The number of rotatable bonds is 6. The highest BCUT2D eigenvalue weighted by atomic mass is 16.5. The number of carbonyl (C=O) groups is 2. The Morgan fingerprint density at radius 2 is 2.00 bits per heavy atom. The molecule has 0 aromatic heterocycles. The van der Waals surface area contributed by atoms with Crippen LogP contribution in [0.5, 0.6) is 0 Å². The van der Waals surface area contributed by atoms with E-state index in [1.165, 1.54) is 0 Å². The minimum Gasteiger partial charge on any atom is -0.481 e. The van der Waals surface area contributed by atoms with E-state index >= 15 is 0 Å². The molecule has 2 fully saturated rings. The Morgan fingerprint density at radius 3 is 2.58 bits per heavy atom. The zero-order chi connectivity index (χ0) is 17.2. The fraction of sp³-hybridized carbons (Fsp3) is 0.765. The molecule has 0 aromatic carbocycles. The van der Waals surface area contributed by atoms with Crippen LogP contribution in [0.3, 0.4) is 0 Å². The molecule has 130 valence electrons. The molecule has 0 aliphatic carbocycles. The number of likely N-dealkylation sites (tertiary alicyclic amines) is 1. The van der Waals surface area contributed by atoms with Crippen molar-refractivity contribution in [1.82, 2.24) is 4.90 Å². The molecule has 0 saturated carbocycles. The number of carbonyl (C=O) groups excluding carboxylic acids is 1. The van der Waals surface area contributed by atoms with E-state index in [0.29, 0.717) is 64.8 Å². The predicted molar refractivity (Wildman–Crippen MR) is 85.1 cm³/mol. The third-order valence-corrected chi connectivity index (χ3v) is 5.58. The number of hydrogen-bond acceptors (Lipinski definition) is 5. The van der Waals surface area contributed by atoms with Crippen LogP contribution in [0.2, 0.25) is 0 Å². The van der Waals surface area contributed by atoms with Crippen molar-refractivity contribution < 1.29 is 19.4 Å². The van der Waals surface area contributed by atoms with Crippen LogP contribution in [0.15, 0.2) is 10.2 Å². The molecular formula is C17H23N3O4. The van der Waals surface area contributed by atoms with E-state index in [9.17, 15) is 14.7 Å². The van der Waals surface area contributed by atoms with Gasteiger partial charge in [-0.15, -0.1) is 12.3 Å². The number of terminal acetylenes is 1. The third-order valence-electron chi connectivity index (χ3n) is 5.58. The summed E-state index contributed by atoms with van der Waals surface area (Å²) in [4.78, 5) is 25.9. The summed E-state index contributed by atoms with van der Waals surface area (Å²) in [5, 5.41) is 17.7. The van der Waals surface area contributed by atoms with Crippen LogP contribution in [-0.2, 0) is 14.3 Å². The maximum Gasteiger partial charge on any atom is 0.308 e. The monoisotopic (exact) mass is 333 g/mol. The van der Waals surface area contributed by atoms with E-state index in [-0.39, 0.29) is 11.3 Å². The Balaban J connectivity index is 1.58. The third kappa shape index (κ3) is 3.29. The van der Waals surface area contributed by atoms with Crippen molar-refractivity contribution >= 4 is 11.9 Å². The first kappa shape index (κ1) is 16.9. The normalized spacial score (nSPS) is 26.3. The van der Waals surface area contributed by atoms with E-state index in [1.807, 2.05) is 0 Å². The Hall–Kier alpha value is -1.94. The average molecular weight is 333 g/mol.